The summed E-state index contributed by atoms with van der Waals surface area (Å²) in [5.41, 5.74) is 0.852. The number of rotatable bonds is 9. The average molecular weight is 357 g/mol. The molecule has 3 rings (SSSR count). The lowest BCUT2D eigenvalue weighted by Gasteiger charge is -2.36. The molecule has 0 amide bonds. The molecule has 0 unspecified atom stereocenters. The molecule has 7 heteroatoms. The van der Waals surface area contributed by atoms with Crippen molar-refractivity contribution >= 4 is 17.5 Å². The summed E-state index contributed by atoms with van der Waals surface area (Å²) in [7, 11) is 3.48. The van der Waals surface area contributed by atoms with Gasteiger partial charge in [-0.05, 0) is 51.1 Å². The fourth-order valence-corrected chi connectivity index (χ4v) is 2.86. The molecule has 2 heterocycles. The van der Waals surface area contributed by atoms with Gasteiger partial charge in [0.25, 0.3) is 0 Å². The molecule has 0 radical (unpaired) electrons. The van der Waals surface area contributed by atoms with Crippen molar-refractivity contribution < 1.29 is 9.47 Å². The Morgan fingerprint density at radius 3 is 2.77 bits per heavy atom. The summed E-state index contributed by atoms with van der Waals surface area (Å²) in [4.78, 5) is 11.1. The van der Waals surface area contributed by atoms with Gasteiger partial charge < -0.3 is 25.0 Å². The zero-order valence-corrected chi connectivity index (χ0v) is 15.7. The average Bonchev–Trinajstić information content (AvgIpc) is 2.60. The molecule has 2 aromatic rings. The van der Waals surface area contributed by atoms with E-state index < -0.39 is 0 Å². The Hall–Kier alpha value is -2.54. The Bertz CT molecular complexity index is 721. The van der Waals surface area contributed by atoms with Crippen LogP contribution in [0, 0.1) is 0 Å². The van der Waals surface area contributed by atoms with Crippen LogP contribution in [0.2, 0.25) is 0 Å². The fourth-order valence-electron chi connectivity index (χ4n) is 2.86. The van der Waals surface area contributed by atoms with Crippen molar-refractivity contribution in [2.45, 2.75) is 25.8 Å². The van der Waals surface area contributed by atoms with Gasteiger partial charge in [0.15, 0.2) is 11.5 Å². The highest BCUT2D eigenvalue weighted by molar-refractivity contribution is 5.60. The van der Waals surface area contributed by atoms with Gasteiger partial charge in [-0.25, -0.2) is 4.98 Å². The van der Waals surface area contributed by atoms with Crippen molar-refractivity contribution in [1.29, 1.82) is 0 Å². The maximum atomic E-state index is 6.00. The first-order chi connectivity index (χ1) is 12.7. The van der Waals surface area contributed by atoms with E-state index in [-0.39, 0.29) is 0 Å². The summed E-state index contributed by atoms with van der Waals surface area (Å²) >= 11 is 0. The van der Waals surface area contributed by atoms with E-state index in [1.807, 2.05) is 31.3 Å². The summed E-state index contributed by atoms with van der Waals surface area (Å²) in [5.74, 6) is 2.72. The van der Waals surface area contributed by atoms with E-state index in [1.54, 1.807) is 13.3 Å². The Balaban J connectivity index is 1.63. The summed E-state index contributed by atoms with van der Waals surface area (Å²) in [6.07, 6.45) is 4.01. The molecular weight excluding hydrogens is 330 g/mol. The highest BCUT2D eigenvalue weighted by atomic mass is 16.5. The third kappa shape index (κ3) is 4.54. The molecule has 1 aliphatic rings. The third-order valence-electron chi connectivity index (χ3n) is 4.64. The molecule has 2 N–H and O–H groups in total. The minimum atomic E-state index is 0.527. The quantitative estimate of drug-likeness (QED) is 0.714. The lowest BCUT2D eigenvalue weighted by Crippen LogP contribution is -2.44. The van der Waals surface area contributed by atoms with Gasteiger partial charge in [-0.1, -0.05) is 0 Å². The Labute approximate surface area is 154 Å². The van der Waals surface area contributed by atoms with Crippen molar-refractivity contribution in [3.8, 4) is 11.5 Å². The molecule has 1 atom stereocenters. The molecule has 7 nitrogen and oxygen atoms in total. The number of benzene rings is 1. The first-order valence-electron chi connectivity index (χ1n) is 9.02. The van der Waals surface area contributed by atoms with Gasteiger partial charge >= 0.3 is 0 Å². The highest BCUT2D eigenvalue weighted by Crippen LogP contribution is 2.31. The minimum Gasteiger partial charge on any atom is -0.493 e. The molecule has 0 aliphatic carbocycles. The lowest BCUT2D eigenvalue weighted by atomic mass is 10.1. The topological polar surface area (TPSA) is 71.5 Å². The van der Waals surface area contributed by atoms with Gasteiger partial charge in [-0.15, -0.1) is 0 Å². The summed E-state index contributed by atoms with van der Waals surface area (Å²) in [5, 5.41) is 6.20. The molecule has 0 spiro atoms. The minimum absolute atomic E-state index is 0.527. The smallest absolute Gasteiger partial charge is 0.229 e. The van der Waals surface area contributed by atoms with Crippen LogP contribution in [0.1, 0.15) is 19.8 Å². The van der Waals surface area contributed by atoms with Crippen LogP contribution < -0.4 is 20.1 Å². The number of nitrogens with zero attached hydrogens (tertiary/aromatic N) is 3. The second kappa shape index (κ2) is 8.71. The Kier molecular flexibility index (Phi) is 6.12. The van der Waals surface area contributed by atoms with Crippen LogP contribution in [-0.2, 0) is 0 Å². The van der Waals surface area contributed by atoms with Crippen LogP contribution in [0.25, 0.3) is 0 Å². The van der Waals surface area contributed by atoms with E-state index in [4.69, 9.17) is 9.47 Å². The second-order valence-corrected chi connectivity index (χ2v) is 6.38. The fraction of sp³-hybridized carbons (Fsp3) is 0.474. The van der Waals surface area contributed by atoms with Crippen LogP contribution in [0.5, 0.6) is 11.5 Å². The number of hydrogen-bond acceptors (Lipinski definition) is 7. The number of likely N-dealkylation sites (tertiary alicyclic amines) is 1. The largest absolute Gasteiger partial charge is 0.493 e. The van der Waals surface area contributed by atoms with Gasteiger partial charge in [0, 0.05) is 31.0 Å². The number of hydrogen-bond donors (Lipinski definition) is 2. The number of aromatic nitrogens is 2. The van der Waals surface area contributed by atoms with E-state index in [0.29, 0.717) is 18.6 Å². The van der Waals surface area contributed by atoms with Crippen LogP contribution in [-0.4, -0.2) is 54.8 Å². The molecule has 1 aromatic carbocycles. The number of ether oxygens (including phenoxy) is 2. The number of methoxy groups -OCH3 is 1. The van der Waals surface area contributed by atoms with Crippen molar-refractivity contribution in [3.05, 3.63) is 30.5 Å². The summed E-state index contributed by atoms with van der Waals surface area (Å²) < 4.78 is 11.4. The van der Waals surface area contributed by atoms with Crippen molar-refractivity contribution in [1.82, 2.24) is 14.9 Å². The van der Waals surface area contributed by atoms with E-state index in [9.17, 15) is 0 Å². The van der Waals surface area contributed by atoms with Crippen molar-refractivity contribution in [3.63, 3.8) is 0 Å². The standard InChI is InChI=1S/C19H27N5O2/c1-14(24-10-4-11-24)8-12-26-17-13-15(5-6-16(17)25-3)22-19-21-9-7-18(20-2)23-19/h5-7,9,13-14H,4,8,10-12H2,1-3H3,(H2,20,21,22,23)/t14-/m0/s1. The molecular formula is C19H27N5O2. The molecule has 1 aromatic heterocycles. The normalized spacial score (nSPS) is 15.0. The zero-order chi connectivity index (χ0) is 18.4. The molecule has 1 saturated heterocycles. The highest BCUT2D eigenvalue weighted by Gasteiger charge is 2.20. The molecule has 26 heavy (non-hydrogen) atoms. The first kappa shape index (κ1) is 18.3. The van der Waals surface area contributed by atoms with Crippen LogP contribution in [0.4, 0.5) is 17.5 Å². The van der Waals surface area contributed by atoms with E-state index in [1.165, 1.54) is 19.5 Å². The summed E-state index contributed by atoms with van der Waals surface area (Å²) in [6, 6.07) is 8.09. The van der Waals surface area contributed by atoms with E-state index in [0.717, 1.165) is 29.4 Å². The van der Waals surface area contributed by atoms with Crippen molar-refractivity contribution in [2.24, 2.45) is 0 Å². The predicted octanol–water partition coefficient (Wildman–Crippen LogP) is 3.13. The lowest BCUT2D eigenvalue weighted by molar-refractivity contribution is 0.109. The Morgan fingerprint density at radius 1 is 1.23 bits per heavy atom. The van der Waals surface area contributed by atoms with Crippen LogP contribution in [0.3, 0.4) is 0 Å². The Morgan fingerprint density at radius 2 is 2.08 bits per heavy atom. The maximum Gasteiger partial charge on any atom is 0.229 e. The summed E-state index contributed by atoms with van der Waals surface area (Å²) in [6.45, 7) is 5.32. The monoisotopic (exact) mass is 357 g/mol. The molecule has 140 valence electrons. The predicted molar refractivity (Wildman–Crippen MR) is 104 cm³/mol. The molecule has 0 bridgehead atoms. The first-order valence-corrected chi connectivity index (χ1v) is 9.02. The van der Waals surface area contributed by atoms with Crippen molar-refractivity contribution in [2.75, 3.05) is 44.5 Å². The number of anilines is 3. The van der Waals surface area contributed by atoms with Gasteiger partial charge in [-0.2, -0.15) is 4.98 Å². The molecule has 1 fully saturated rings. The molecule has 1 aliphatic heterocycles. The van der Waals surface area contributed by atoms with Gasteiger partial charge in [-0.3, -0.25) is 0 Å². The van der Waals surface area contributed by atoms with Gasteiger partial charge in [0.05, 0.1) is 13.7 Å². The zero-order valence-electron chi connectivity index (χ0n) is 15.7. The SMILES string of the molecule is CNc1ccnc(Nc2ccc(OC)c(OCC[C@H](C)N3CCC3)c2)n1. The number of nitrogens with one attached hydrogen (secondary N) is 2. The van der Waals surface area contributed by atoms with Gasteiger partial charge in [0.1, 0.15) is 5.82 Å². The second-order valence-electron chi connectivity index (χ2n) is 6.38. The van der Waals surface area contributed by atoms with E-state index in [2.05, 4.69) is 32.4 Å². The molecule has 0 saturated carbocycles. The van der Waals surface area contributed by atoms with Crippen LogP contribution in [0.15, 0.2) is 30.5 Å². The maximum absolute atomic E-state index is 6.00. The third-order valence-corrected chi connectivity index (χ3v) is 4.64. The van der Waals surface area contributed by atoms with Gasteiger partial charge in [0.2, 0.25) is 5.95 Å². The van der Waals surface area contributed by atoms with E-state index >= 15 is 0 Å². The van der Waals surface area contributed by atoms with Crippen LogP contribution >= 0.6 is 0 Å².